The van der Waals surface area contributed by atoms with E-state index < -0.39 is 0 Å². The molecule has 364 valence electrons. The van der Waals surface area contributed by atoms with Gasteiger partial charge in [0.25, 0.3) is 6.71 Å². The van der Waals surface area contributed by atoms with Gasteiger partial charge in [-0.25, -0.2) is 0 Å². The fourth-order valence-electron chi connectivity index (χ4n) is 9.25. The van der Waals surface area contributed by atoms with E-state index in [0.29, 0.717) is 6.54 Å². The Hall–Kier alpha value is -4.96. The van der Waals surface area contributed by atoms with Crippen LogP contribution in [0.1, 0.15) is 164 Å². The molecular formula is C64H89BN2O. The number of nitrogens with one attached hydrogen (secondary N) is 1. The Kier molecular flexibility index (Phi) is 16.0. The first-order valence-corrected chi connectivity index (χ1v) is 25.3. The SMILES string of the molecule is C=C/C(=C(\C=C\NCC1=C(C=C(C)C)N(C2=C(C)/C=C/C(C)(C)CCC(C)(C)\C=C\2)C(C)=C(/C=C(\C)C(C)(C)C)B1c1cc2cc(-c3ccc(C(C)(C)C)cc3)ccc2o1)C(C)(C)C)C(C)(C)C. The summed E-state index contributed by atoms with van der Waals surface area (Å²) in [5, 5.41) is 5.00. The molecule has 1 aromatic heterocycles. The number of hydrogen-bond acceptors (Lipinski definition) is 3. The lowest BCUT2D eigenvalue weighted by Crippen LogP contribution is -2.45. The predicted molar refractivity (Wildman–Crippen MR) is 301 cm³/mol. The number of furan rings is 1. The van der Waals surface area contributed by atoms with Gasteiger partial charge in [0, 0.05) is 29.0 Å². The molecule has 2 aromatic carbocycles. The Labute approximate surface area is 415 Å². The molecule has 1 aliphatic heterocycles. The molecule has 3 nitrogen and oxygen atoms in total. The Morgan fingerprint density at radius 2 is 1.31 bits per heavy atom. The number of benzene rings is 2. The molecule has 0 spiro atoms. The largest absolute Gasteiger partial charge is 0.470 e. The summed E-state index contributed by atoms with van der Waals surface area (Å²) in [5.41, 5.74) is 17.9. The van der Waals surface area contributed by atoms with Gasteiger partial charge in [-0.1, -0.05) is 189 Å². The smallest absolute Gasteiger partial charge is 0.289 e. The molecular weight excluding hydrogens is 824 g/mol. The van der Waals surface area contributed by atoms with E-state index in [0.717, 1.165) is 29.5 Å². The topological polar surface area (TPSA) is 28.4 Å². The molecule has 0 unspecified atom stereocenters. The molecule has 0 radical (unpaired) electrons. The van der Waals surface area contributed by atoms with Crippen molar-refractivity contribution in [3.8, 4) is 11.1 Å². The van der Waals surface area contributed by atoms with E-state index in [1.165, 1.54) is 72.6 Å². The van der Waals surface area contributed by atoms with E-state index >= 15 is 0 Å². The van der Waals surface area contributed by atoms with Crippen molar-refractivity contribution in [3.63, 3.8) is 0 Å². The summed E-state index contributed by atoms with van der Waals surface area (Å²) >= 11 is 0. The molecule has 0 atom stereocenters. The van der Waals surface area contributed by atoms with Gasteiger partial charge in [-0.15, -0.1) is 0 Å². The van der Waals surface area contributed by atoms with Crippen molar-refractivity contribution in [2.45, 2.75) is 164 Å². The molecule has 5 rings (SSSR count). The first-order valence-electron chi connectivity index (χ1n) is 25.3. The number of rotatable bonds is 10. The molecule has 3 aromatic rings. The van der Waals surface area contributed by atoms with Crippen LogP contribution in [-0.2, 0) is 5.41 Å². The van der Waals surface area contributed by atoms with Gasteiger partial charge in [-0.2, -0.15) is 0 Å². The predicted octanol–water partition coefficient (Wildman–Crippen LogP) is 17.9. The molecule has 0 saturated carbocycles. The second kappa shape index (κ2) is 20.2. The van der Waals surface area contributed by atoms with E-state index in [1.54, 1.807) is 0 Å². The number of fused-ring (bicyclic) bond motifs is 1. The van der Waals surface area contributed by atoms with Crippen molar-refractivity contribution < 1.29 is 4.42 Å². The zero-order valence-electron chi connectivity index (χ0n) is 46.6. The maximum atomic E-state index is 7.14. The molecule has 68 heavy (non-hydrogen) atoms. The lowest BCUT2D eigenvalue weighted by molar-refractivity contribution is 0.329. The molecule has 0 bridgehead atoms. The highest BCUT2D eigenvalue weighted by Crippen LogP contribution is 2.42. The number of allylic oxidation sites excluding steroid dienone is 15. The van der Waals surface area contributed by atoms with Crippen LogP contribution in [-0.4, -0.2) is 18.2 Å². The first-order chi connectivity index (χ1) is 31.2. The fourth-order valence-corrected chi connectivity index (χ4v) is 9.25. The Morgan fingerprint density at radius 1 is 0.735 bits per heavy atom. The maximum Gasteiger partial charge on any atom is 0.289 e. The normalized spacial score (nSPS) is 20.2. The second-order valence-corrected chi connectivity index (χ2v) is 25.7. The van der Waals surface area contributed by atoms with Crippen LogP contribution in [0.5, 0.6) is 0 Å². The van der Waals surface area contributed by atoms with Crippen LogP contribution in [0.15, 0.2) is 170 Å². The van der Waals surface area contributed by atoms with Crippen LogP contribution in [0.3, 0.4) is 0 Å². The molecule has 4 heteroatoms. The van der Waals surface area contributed by atoms with Crippen LogP contribution in [0.2, 0.25) is 0 Å². The lowest BCUT2D eigenvalue weighted by Gasteiger charge is -2.40. The summed E-state index contributed by atoms with van der Waals surface area (Å²) in [4.78, 5) is 2.56. The number of nitrogens with zero attached hydrogens (tertiary/aromatic N) is 1. The summed E-state index contributed by atoms with van der Waals surface area (Å²) in [6, 6.07) is 18.0. The van der Waals surface area contributed by atoms with Crippen molar-refractivity contribution in [2.24, 2.45) is 27.1 Å². The Morgan fingerprint density at radius 3 is 1.84 bits per heavy atom. The lowest BCUT2D eigenvalue weighted by atomic mass is 9.35. The van der Waals surface area contributed by atoms with Crippen molar-refractivity contribution >= 4 is 23.3 Å². The van der Waals surface area contributed by atoms with Crippen LogP contribution < -0.4 is 11.0 Å². The van der Waals surface area contributed by atoms with E-state index in [9.17, 15) is 0 Å². The molecule has 0 amide bonds. The summed E-state index contributed by atoms with van der Waals surface area (Å²) in [6.45, 7) is 53.0. The van der Waals surface area contributed by atoms with Gasteiger partial charge in [0.2, 0.25) is 0 Å². The van der Waals surface area contributed by atoms with Gasteiger partial charge in [-0.3, -0.25) is 0 Å². The van der Waals surface area contributed by atoms with Gasteiger partial charge in [0.1, 0.15) is 5.58 Å². The summed E-state index contributed by atoms with van der Waals surface area (Å²) in [7, 11) is 0. The number of hydrogen-bond donors (Lipinski definition) is 1. The molecule has 1 N–H and O–H groups in total. The van der Waals surface area contributed by atoms with E-state index in [4.69, 9.17) is 4.42 Å². The second-order valence-electron chi connectivity index (χ2n) is 25.7. The molecule has 2 heterocycles. The van der Waals surface area contributed by atoms with Gasteiger partial charge in [-0.05, 0) is 167 Å². The molecule has 2 aliphatic rings. The van der Waals surface area contributed by atoms with E-state index in [1.807, 2.05) is 6.08 Å². The molecule has 1 aliphatic carbocycles. The van der Waals surface area contributed by atoms with Gasteiger partial charge in [0.15, 0.2) is 0 Å². The zero-order chi connectivity index (χ0) is 50.9. The van der Waals surface area contributed by atoms with E-state index in [2.05, 4.69) is 259 Å². The minimum absolute atomic E-state index is 0.0163. The fraction of sp³-hybridized carbons (Fsp3) is 0.469. The minimum Gasteiger partial charge on any atom is -0.470 e. The summed E-state index contributed by atoms with van der Waals surface area (Å²) in [6.07, 6.45) is 23.3. The highest BCUT2D eigenvalue weighted by atomic mass is 16.3. The summed E-state index contributed by atoms with van der Waals surface area (Å²) in [5.74, 6) is 0. The molecule has 0 fully saturated rings. The van der Waals surface area contributed by atoms with Crippen LogP contribution in [0.4, 0.5) is 0 Å². The van der Waals surface area contributed by atoms with E-state index in [-0.39, 0.29) is 39.2 Å². The highest BCUT2D eigenvalue weighted by Gasteiger charge is 2.40. The maximum absolute atomic E-state index is 7.14. The van der Waals surface area contributed by atoms with Crippen LogP contribution in [0, 0.1) is 27.1 Å². The van der Waals surface area contributed by atoms with Gasteiger partial charge < -0.3 is 14.6 Å². The Bertz CT molecular complexity index is 2640. The van der Waals surface area contributed by atoms with Gasteiger partial charge in [0.05, 0.1) is 5.66 Å². The highest BCUT2D eigenvalue weighted by molar-refractivity contribution is 6.86. The van der Waals surface area contributed by atoms with Crippen molar-refractivity contribution in [2.75, 3.05) is 6.54 Å². The van der Waals surface area contributed by atoms with Crippen molar-refractivity contribution in [1.82, 2.24) is 10.2 Å². The standard InChI is InChI=1S/C64H89BN2O/c1-23-51(61(13,14)15)52(62(16,17)18)32-37-66-42-54-56(38-43(2)3)67(55-31-34-64(21,22)36-35-63(19,20)33-30-44(55)4)46(6)53(39-45(5)59(7,8)9)65(54)58-41-49-40-48(26-29-57(49)68-58)47-24-27-50(28-25-47)60(10,11)12/h23-34,37-41,66H,1,35-36,42H2,2-22H3/b33-30+,34-31+,37-32+,45-39+,52-51-,55-44+. The van der Waals surface area contributed by atoms with Crippen molar-refractivity contribution in [1.29, 1.82) is 0 Å². The third-order valence-electron chi connectivity index (χ3n) is 14.2. The van der Waals surface area contributed by atoms with Crippen molar-refractivity contribution in [3.05, 3.63) is 171 Å². The summed E-state index contributed by atoms with van der Waals surface area (Å²) < 4.78 is 7.14. The zero-order valence-corrected chi connectivity index (χ0v) is 46.6. The average Bonchev–Trinajstić information content (AvgIpc) is 3.64. The van der Waals surface area contributed by atoms with Gasteiger partial charge >= 0.3 is 0 Å². The first kappa shape index (κ1) is 54.0. The average molecular weight is 913 g/mol. The van der Waals surface area contributed by atoms with Crippen LogP contribution in [0.25, 0.3) is 22.1 Å². The molecule has 0 saturated heterocycles. The minimum atomic E-state index is -0.178. The third-order valence-corrected chi connectivity index (χ3v) is 14.2. The third kappa shape index (κ3) is 13.0. The van der Waals surface area contributed by atoms with Crippen LogP contribution >= 0.6 is 0 Å². The Balaban J connectivity index is 1.87. The quantitative estimate of drug-likeness (QED) is 0.162. The monoisotopic (exact) mass is 913 g/mol.